The van der Waals surface area contributed by atoms with E-state index in [9.17, 15) is 0 Å². The molecule has 72 valence electrons. The van der Waals surface area contributed by atoms with Crippen molar-refractivity contribution in [3.63, 3.8) is 0 Å². The van der Waals surface area contributed by atoms with Gasteiger partial charge in [-0.1, -0.05) is 36.2 Å². The predicted molar refractivity (Wildman–Crippen MR) is 64.5 cm³/mol. The molecule has 0 aromatic heterocycles. The van der Waals surface area contributed by atoms with Crippen molar-refractivity contribution in [1.82, 2.24) is 0 Å². The molecule has 1 rings (SSSR count). The lowest BCUT2D eigenvalue weighted by Crippen LogP contribution is -2.08. The second-order valence-corrected chi connectivity index (χ2v) is 3.50. The van der Waals surface area contributed by atoms with Gasteiger partial charge in [0.25, 0.3) is 0 Å². The highest BCUT2D eigenvalue weighted by Gasteiger charge is 1.93. The van der Waals surface area contributed by atoms with Gasteiger partial charge in [-0.3, -0.25) is 0 Å². The molecule has 0 heterocycles. The summed E-state index contributed by atoms with van der Waals surface area (Å²) in [5, 5.41) is 0. The average Bonchev–Trinajstić information content (AvgIpc) is 2.19. The molecule has 0 bridgehead atoms. The summed E-state index contributed by atoms with van der Waals surface area (Å²) in [5.74, 6) is 6.51. The van der Waals surface area contributed by atoms with Gasteiger partial charge in [-0.15, -0.1) is 11.6 Å². The Bertz CT molecular complexity index is 373. The standard InChI is InChI=1S/C11H10ClNS/c12-8-2-1-3-9-4-6-10(7-5-9)11(13)14/h4-7H,2,8H2,(H2,13,14). The zero-order valence-corrected chi connectivity index (χ0v) is 9.16. The first-order valence-electron chi connectivity index (χ1n) is 4.18. The van der Waals surface area contributed by atoms with Crippen molar-refractivity contribution in [2.75, 3.05) is 5.88 Å². The Kier molecular flexibility index (Phi) is 4.45. The van der Waals surface area contributed by atoms with E-state index >= 15 is 0 Å². The van der Waals surface area contributed by atoms with Crippen LogP contribution in [0.2, 0.25) is 0 Å². The van der Waals surface area contributed by atoms with Crippen molar-refractivity contribution in [3.8, 4) is 11.8 Å². The van der Waals surface area contributed by atoms with Crippen LogP contribution in [0.15, 0.2) is 24.3 Å². The van der Waals surface area contributed by atoms with Gasteiger partial charge in [-0.05, 0) is 12.1 Å². The van der Waals surface area contributed by atoms with E-state index in [1.54, 1.807) is 0 Å². The molecule has 3 heteroatoms. The molecule has 0 fully saturated rings. The normalized spacial score (nSPS) is 8.93. The summed E-state index contributed by atoms with van der Waals surface area (Å²) in [6.45, 7) is 0. The molecule has 0 aliphatic rings. The zero-order valence-electron chi connectivity index (χ0n) is 7.59. The van der Waals surface area contributed by atoms with E-state index in [1.807, 2.05) is 24.3 Å². The number of halogens is 1. The molecule has 0 aliphatic carbocycles. The van der Waals surface area contributed by atoms with Gasteiger partial charge in [0.1, 0.15) is 4.99 Å². The third kappa shape index (κ3) is 3.37. The molecule has 0 aliphatic heterocycles. The van der Waals surface area contributed by atoms with Gasteiger partial charge in [0, 0.05) is 23.4 Å². The second-order valence-electron chi connectivity index (χ2n) is 2.68. The number of hydrogen-bond acceptors (Lipinski definition) is 1. The van der Waals surface area contributed by atoms with E-state index in [0.29, 0.717) is 17.3 Å². The van der Waals surface area contributed by atoms with Crippen LogP contribution in [0.5, 0.6) is 0 Å². The average molecular weight is 224 g/mol. The minimum absolute atomic E-state index is 0.408. The predicted octanol–water partition coefficient (Wildman–Crippen LogP) is 2.30. The van der Waals surface area contributed by atoms with Crippen LogP contribution >= 0.6 is 23.8 Å². The number of nitrogens with two attached hydrogens (primary N) is 1. The Morgan fingerprint density at radius 3 is 2.50 bits per heavy atom. The quantitative estimate of drug-likeness (QED) is 0.473. The molecule has 2 N–H and O–H groups in total. The molecule has 1 aromatic carbocycles. The maximum absolute atomic E-state index is 5.50. The summed E-state index contributed by atoms with van der Waals surface area (Å²) >= 11 is 10.3. The van der Waals surface area contributed by atoms with Crippen LogP contribution in [0.25, 0.3) is 0 Å². The second kappa shape index (κ2) is 5.64. The van der Waals surface area contributed by atoms with Crippen molar-refractivity contribution in [3.05, 3.63) is 35.4 Å². The van der Waals surface area contributed by atoms with E-state index in [0.717, 1.165) is 11.1 Å². The molecule has 0 radical (unpaired) electrons. The van der Waals surface area contributed by atoms with Crippen molar-refractivity contribution >= 4 is 28.8 Å². The summed E-state index contributed by atoms with van der Waals surface area (Å²) in [4.78, 5) is 0.408. The van der Waals surface area contributed by atoms with Gasteiger partial charge in [0.2, 0.25) is 0 Å². The van der Waals surface area contributed by atoms with Crippen molar-refractivity contribution < 1.29 is 0 Å². The largest absolute Gasteiger partial charge is 0.389 e. The van der Waals surface area contributed by atoms with E-state index in [4.69, 9.17) is 29.6 Å². The summed E-state index contributed by atoms with van der Waals surface area (Å²) in [5.41, 5.74) is 7.28. The van der Waals surface area contributed by atoms with E-state index in [-0.39, 0.29) is 0 Å². The topological polar surface area (TPSA) is 26.0 Å². The lowest BCUT2D eigenvalue weighted by molar-refractivity contribution is 1.29. The summed E-state index contributed by atoms with van der Waals surface area (Å²) in [6.07, 6.45) is 0.707. The third-order valence-corrected chi connectivity index (χ3v) is 2.05. The SMILES string of the molecule is NC(=S)c1ccc(C#CCCCl)cc1. The fourth-order valence-corrected chi connectivity index (χ4v) is 1.16. The molecule has 0 saturated heterocycles. The van der Waals surface area contributed by atoms with Gasteiger partial charge in [-0.25, -0.2) is 0 Å². The van der Waals surface area contributed by atoms with Crippen molar-refractivity contribution in [1.29, 1.82) is 0 Å². The Balaban J connectivity index is 2.75. The number of benzene rings is 1. The zero-order chi connectivity index (χ0) is 10.4. The molecule has 0 unspecified atom stereocenters. The summed E-state index contributed by atoms with van der Waals surface area (Å²) in [7, 11) is 0. The first-order chi connectivity index (χ1) is 6.74. The van der Waals surface area contributed by atoms with Crippen LogP contribution < -0.4 is 5.73 Å². The molecule has 1 aromatic rings. The fourth-order valence-electron chi connectivity index (χ4n) is 0.930. The first kappa shape index (κ1) is 11.0. The molecule has 0 atom stereocenters. The Labute approximate surface area is 94.3 Å². The highest BCUT2D eigenvalue weighted by Crippen LogP contribution is 2.02. The smallest absolute Gasteiger partial charge is 0.103 e. The van der Waals surface area contributed by atoms with Gasteiger partial charge in [-0.2, -0.15) is 0 Å². The minimum Gasteiger partial charge on any atom is -0.389 e. The number of thiocarbonyl (C=S) groups is 1. The van der Waals surface area contributed by atoms with Crippen LogP contribution in [0.3, 0.4) is 0 Å². The summed E-state index contributed by atoms with van der Waals surface area (Å²) in [6, 6.07) is 7.53. The molecular formula is C11H10ClNS. The molecule has 0 amide bonds. The van der Waals surface area contributed by atoms with Gasteiger partial charge < -0.3 is 5.73 Å². The molecule has 0 spiro atoms. The number of hydrogen-bond donors (Lipinski definition) is 1. The Hall–Kier alpha value is -1.04. The fraction of sp³-hybridized carbons (Fsp3) is 0.182. The first-order valence-corrected chi connectivity index (χ1v) is 5.13. The molecule has 14 heavy (non-hydrogen) atoms. The lowest BCUT2D eigenvalue weighted by Gasteiger charge is -1.96. The van der Waals surface area contributed by atoms with Crippen molar-refractivity contribution in [2.45, 2.75) is 6.42 Å². The Morgan fingerprint density at radius 2 is 2.00 bits per heavy atom. The van der Waals surface area contributed by atoms with Crippen LogP contribution in [-0.2, 0) is 0 Å². The number of alkyl halides is 1. The molecule has 0 saturated carbocycles. The van der Waals surface area contributed by atoms with Crippen LogP contribution in [0.1, 0.15) is 17.5 Å². The van der Waals surface area contributed by atoms with Crippen LogP contribution in [-0.4, -0.2) is 10.9 Å². The molecule has 1 nitrogen and oxygen atoms in total. The van der Waals surface area contributed by atoms with Crippen LogP contribution in [0.4, 0.5) is 0 Å². The van der Waals surface area contributed by atoms with E-state index in [2.05, 4.69) is 11.8 Å². The highest BCUT2D eigenvalue weighted by molar-refractivity contribution is 7.80. The summed E-state index contributed by atoms with van der Waals surface area (Å²) < 4.78 is 0. The highest BCUT2D eigenvalue weighted by atomic mass is 35.5. The van der Waals surface area contributed by atoms with E-state index < -0.39 is 0 Å². The maximum Gasteiger partial charge on any atom is 0.103 e. The monoisotopic (exact) mass is 223 g/mol. The van der Waals surface area contributed by atoms with Gasteiger partial charge in [0.15, 0.2) is 0 Å². The molecular weight excluding hydrogens is 214 g/mol. The number of rotatable bonds is 2. The lowest BCUT2D eigenvalue weighted by atomic mass is 10.1. The third-order valence-electron chi connectivity index (χ3n) is 1.62. The van der Waals surface area contributed by atoms with Gasteiger partial charge in [0.05, 0.1) is 0 Å². The van der Waals surface area contributed by atoms with Gasteiger partial charge >= 0.3 is 0 Å². The maximum atomic E-state index is 5.50. The Morgan fingerprint density at radius 1 is 1.36 bits per heavy atom. The minimum atomic E-state index is 0.408. The van der Waals surface area contributed by atoms with Crippen LogP contribution in [0, 0.1) is 11.8 Å². The van der Waals surface area contributed by atoms with Crippen molar-refractivity contribution in [2.24, 2.45) is 5.73 Å². The van der Waals surface area contributed by atoms with E-state index in [1.165, 1.54) is 0 Å².